The number of rotatable bonds is 7. The molecule has 3 N–H and O–H groups in total. The quantitative estimate of drug-likeness (QED) is 0.665. The topological polar surface area (TPSA) is 87.7 Å². The molecule has 0 aromatic heterocycles. The summed E-state index contributed by atoms with van der Waals surface area (Å²) in [6, 6.07) is 14.6. The normalized spacial score (nSPS) is 21.4. The van der Waals surface area contributed by atoms with Gasteiger partial charge in [0.1, 0.15) is 11.9 Å². The first-order chi connectivity index (χ1) is 14.0. The van der Waals surface area contributed by atoms with Crippen LogP contribution >= 0.6 is 0 Å². The highest BCUT2D eigenvalue weighted by molar-refractivity contribution is 5.94. The average Bonchev–Trinajstić information content (AvgIpc) is 2.74. The van der Waals surface area contributed by atoms with E-state index in [2.05, 4.69) is 10.6 Å². The number of hydrogen-bond donors (Lipinski definition) is 3. The van der Waals surface area contributed by atoms with E-state index in [1.807, 2.05) is 30.3 Å². The van der Waals surface area contributed by atoms with Crippen LogP contribution in [-0.2, 0) is 16.1 Å². The molecule has 2 amide bonds. The molecule has 0 spiro atoms. The third-order valence-electron chi connectivity index (χ3n) is 4.94. The minimum absolute atomic E-state index is 0.127. The number of benzene rings is 2. The summed E-state index contributed by atoms with van der Waals surface area (Å²) in [6.45, 7) is 0.165. The van der Waals surface area contributed by atoms with E-state index in [0.29, 0.717) is 19.4 Å². The van der Waals surface area contributed by atoms with Gasteiger partial charge in [-0.25, -0.2) is 4.39 Å². The van der Waals surface area contributed by atoms with Crippen molar-refractivity contribution in [3.63, 3.8) is 0 Å². The zero-order chi connectivity index (χ0) is 20.6. The van der Waals surface area contributed by atoms with Gasteiger partial charge in [0.15, 0.2) is 0 Å². The Balaban J connectivity index is 1.48. The maximum absolute atomic E-state index is 13.3. The summed E-state index contributed by atoms with van der Waals surface area (Å²) < 4.78 is 19.1. The molecule has 154 valence electrons. The molecule has 0 bridgehead atoms. The number of carbonyl (C=O) groups excluding carboxylic acids is 2. The van der Waals surface area contributed by atoms with Crippen LogP contribution in [0.3, 0.4) is 0 Å². The summed E-state index contributed by atoms with van der Waals surface area (Å²) in [4.78, 5) is 24.5. The predicted octanol–water partition coefficient (Wildman–Crippen LogP) is 2.17. The molecule has 6 nitrogen and oxygen atoms in total. The third-order valence-corrected chi connectivity index (χ3v) is 4.94. The molecule has 29 heavy (non-hydrogen) atoms. The van der Waals surface area contributed by atoms with Crippen LogP contribution in [-0.4, -0.2) is 41.8 Å². The van der Waals surface area contributed by atoms with Crippen molar-refractivity contribution in [2.75, 3.05) is 6.61 Å². The first kappa shape index (κ1) is 21.0. The Morgan fingerprint density at radius 3 is 2.62 bits per heavy atom. The molecule has 3 rings (SSSR count). The molecule has 0 unspecified atom stereocenters. The van der Waals surface area contributed by atoms with Gasteiger partial charge in [0, 0.05) is 12.1 Å². The third kappa shape index (κ3) is 6.10. The van der Waals surface area contributed by atoms with Gasteiger partial charge in [0.25, 0.3) is 5.91 Å². The fourth-order valence-corrected chi connectivity index (χ4v) is 3.40. The van der Waals surface area contributed by atoms with Crippen LogP contribution in [0, 0.1) is 5.82 Å². The SMILES string of the molecule is O=C(C[C@@H]1CC[C@@H](NC(=O)c2cccc(F)c2)[C@H](CO)O1)NCc1ccccc1. The Bertz CT molecular complexity index is 831. The Morgan fingerprint density at radius 2 is 1.90 bits per heavy atom. The molecule has 1 aliphatic heterocycles. The Kier molecular flexibility index (Phi) is 7.32. The van der Waals surface area contributed by atoms with Crippen LogP contribution in [0.25, 0.3) is 0 Å². The monoisotopic (exact) mass is 400 g/mol. The molecule has 0 radical (unpaired) electrons. The lowest BCUT2D eigenvalue weighted by molar-refractivity contribution is -0.131. The number of ether oxygens (including phenoxy) is 1. The highest BCUT2D eigenvalue weighted by Crippen LogP contribution is 2.22. The summed E-state index contributed by atoms with van der Waals surface area (Å²) in [7, 11) is 0. The van der Waals surface area contributed by atoms with Crippen molar-refractivity contribution >= 4 is 11.8 Å². The minimum atomic E-state index is -0.617. The van der Waals surface area contributed by atoms with E-state index in [1.165, 1.54) is 18.2 Å². The van der Waals surface area contributed by atoms with E-state index < -0.39 is 23.9 Å². The summed E-state index contributed by atoms with van der Waals surface area (Å²) in [5.41, 5.74) is 1.22. The predicted molar refractivity (Wildman–Crippen MR) is 106 cm³/mol. The van der Waals surface area contributed by atoms with Gasteiger partial charge in [-0.15, -0.1) is 0 Å². The summed E-state index contributed by atoms with van der Waals surface area (Å²) >= 11 is 0. The minimum Gasteiger partial charge on any atom is -0.394 e. The first-order valence-electron chi connectivity index (χ1n) is 9.68. The molecule has 0 aliphatic carbocycles. The molecule has 3 atom stereocenters. The molecule has 1 heterocycles. The highest BCUT2D eigenvalue weighted by atomic mass is 19.1. The molecule has 2 aromatic rings. The second kappa shape index (κ2) is 10.1. The number of carbonyl (C=O) groups is 2. The maximum atomic E-state index is 13.3. The van der Waals surface area contributed by atoms with Gasteiger partial charge < -0.3 is 20.5 Å². The van der Waals surface area contributed by atoms with E-state index in [4.69, 9.17) is 4.74 Å². The fourth-order valence-electron chi connectivity index (χ4n) is 3.40. The largest absolute Gasteiger partial charge is 0.394 e. The van der Waals surface area contributed by atoms with Crippen molar-refractivity contribution in [2.24, 2.45) is 0 Å². The summed E-state index contributed by atoms with van der Waals surface area (Å²) in [5.74, 6) is -1.04. The lowest BCUT2D eigenvalue weighted by Crippen LogP contribution is -2.51. The van der Waals surface area contributed by atoms with Crippen LogP contribution in [0.2, 0.25) is 0 Å². The zero-order valence-electron chi connectivity index (χ0n) is 16.0. The van der Waals surface area contributed by atoms with E-state index in [-0.39, 0.29) is 30.6 Å². The Hall–Kier alpha value is -2.77. The van der Waals surface area contributed by atoms with Gasteiger partial charge in [-0.2, -0.15) is 0 Å². The van der Waals surface area contributed by atoms with Gasteiger partial charge in [0.05, 0.1) is 25.2 Å². The second-order valence-electron chi connectivity index (χ2n) is 7.11. The number of amides is 2. The maximum Gasteiger partial charge on any atom is 0.251 e. The van der Waals surface area contributed by atoms with Crippen LogP contribution in [0.5, 0.6) is 0 Å². The Labute approximate surface area is 169 Å². The van der Waals surface area contributed by atoms with Crippen LogP contribution in [0.4, 0.5) is 4.39 Å². The average molecular weight is 400 g/mol. The molecular formula is C22H25FN2O4. The van der Waals surface area contributed by atoms with E-state index in [1.54, 1.807) is 0 Å². The molecule has 7 heteroatoms. The van der Waals surface area contributed by atoms with Crippen LogP contribution in [0.1, 0.15) is 35.2 Å². The number of aliphatic hydroxyl groups excluding tert-OH is 1. The number of aliphatic hydroxyl groups is 1. The second-order valence-corrected chi connectivity index (χ2v) is 7.11. The van der Waals surface area contributed by atoms with Crippen molar-refractivity contribution in [2.45, 2.75) is 44.1 Å². The lowest BCUT2D eigenvalue weighted by Gasteiger charge is -2.36. The van der Waals surface area contributed by atoms with Crippen LogP contribution in [0.15, 0.2) is 54.6 Å². The number of halogens is 1. The van der Waals surface area contributed by atoms with Gasteiger partial charge >= 0.3 is 0 Å². The van der Waals surface area contributed by atoms with Crippen molar-refractivity contribution in [1.82, 2.24) is 10.6 Å². The van der Waals surface area contributed by atoms with Gasteiger partial charge in [-0.3, -0.25) is 9.59 Å². The van der Waals surface area contributed by atoms with Crippen LogP contribution < -0.4 is 10.6 Å². The van der Waals surface area contributed by atoms with Crippen molar-refractivity contribution in [1.29, 1.82) is 0 Å². The van der Waals surface area contributed by atoms with Crippen molar-refractivity contribution in [3.05, 3.63) is 71.5 Å². The molecule has 1 saturated heterocycles. The molecule has 1 aliphatic rings. The zero-order valence-corrected chi connectivity index (χ0v) is 16.0. The van der Waals surface area contributed by atoms with Crippen molar-refractivity contribution in [3.8, 4) is 0 Å². The van der Waals surface area contributed by atoms with Gasteiger partial charge in [-0.05, 0) is 36.6 Å². The first-order valence-corrected chi connectivity index (χ1v) is 9.68. The summed E-state index contributed by atoms with van der Waals surface area (Å²) in [6.07, 6.45) is 0.374. The van der Waals surface area contributed by atoms with E-state index in [0.717, 1.165) is 11.6 Å². The molecular weight excluding hydrogens is 375 g/mol. The van der Waals surface area contributed by atoms with Gasteiger partial charge in [0.2, 0.25) is 5.91 Å². The standard InChI is InChI=1S/C22H25FN2O4/c23-17-8-4-7-16(11-17)22(28)25-19-10-9-18(29-20(19)14-26)12-21(27)24-13-15-5-2-1-3-6-15/h1-8,11,18-20,26H,9-10,12-14H2,(H,24,27)(H,25,28)/t18-,19+,20-/m0/s1. The smallest absolute Gasteiger partial charge is 0.251 e. The molecule has 0 saturated carbocycles. The molecule has 2 aromatic carbocycles. The van der Waals surface area contributed by atoms with Gasteiger partial charge in [-0.1, -0.05) is 36.4 Å². The highest BCUT2D eigenvalue weighted by Gasteiger charge is 2.33. The lowest BCUT2D eigenvalue weighted by atomic mass is 9.96. The Morgan fingerprint density at radius 1 is 1.10 bits per heavy atom. The number of hydrogen-bond acceptors (Lipinski definition) is 4. The fraction of sp³-hybridized carbons (Fsp3) is 0.364. The summed E-state index contributed by atoms with van der Waals surface area (Å²) in [5, 5.41) is 15.3. The molecule has 1 fully saturated rings. The number of nitrogens with one attached hydrogen (secondary N) is 2. The van der Waals surface area contributed by atoms with Crippen molar-refractivity contribution < 1.29 is 23.8 Å². The van der Waals surface area contributed by atoms with E-state index in [9.17, 15) is 19.1 Å². The van der Waals surface area contributed by atoms with E-state index >= 15 is 0 Å².